The van der Waals surface area contributed by atoms with Crippen molar-refractivity contribution in [1.82, 2.24) is 10.2 Å². The minimum atomic E-state index is -0.424. The molecule has 1 unspecified atom stereocenters. The summed E-state index contributed by atoms with van der Waals surface area (Å²) in [6.45, 7) is 7.43. The van der Waals surface area contributed by atoms with Crippen molar-refractivity contribution in [2.24, 2.45) is 0 Å². The maximum Gasteiger partial charge on any atom is 0.410 e. The number of methoxy groups -OCH3 is 1. The molecule has 0 bridgehead atoms. The number of amides is 1. The largest absolute Gasteiger partial charge is 0.444 e. The predicted octanol–water partition coefficient (Wildman–Crippen LogP) is 2.54. The maximum absolute atomic E-state index is 12.3. The van der Waals surface area contributed by atoms with Gasteiger partial charge in [-0.15, -0.1) is 0 Å². The highest BCUT2D eigenvalue weighted by atomic mass is 16.6. The Morgan fingerprint density at radius 3 is 2.62 bits per heavy atom. The fourth-order valence-corrected chi connectivity index (χ4v) is 3.00. The second kappa shape index (κ2) is 6.97. The summed E-state index contributed by atoms with van der Waals surface area (Å²) in [5.41, 5.74) is -0.424. The molecule has 0 radical (unpaired) electrons. The number of piperidine rings is 1. The Labute approximate surface area is 128 Å². The Balaban J connectivity index is 1.80. The van der Waals surface area contributed by atoms with Gasteiger partial charge in [-0.1, -0.05) is 0 Å². The van der Waals surface area contributed by atoms with Crippen molar-refractivity contribution in [1.29, 1.82) is 0 Å². The highest BCUT2D eigenvalue weighted by molar-refractivity contribution is 5.68. The van der Waals surface area contributed by atoms with Crippen LogP contribution in [-0.2, 0) is 9.47 Å². The summed E-state index contributed by atoms with van der Waals surface area (Å²) in [5.74, 6) is 0. The Hall–Kier alpha value is -0.810. The normalized spacial score (nSPS) is 29.9. The van der Waals surface area contributed by atoms with Crippen LogP contribution in [0.3, 0.4) is 0 Å². The van der Waals surface area contributed by atoms with Crippen molar-refractivity contribution >= 4 is 6.09 Å². The first-order chi connectivity index (χ1) is 9.89. The van der Waals surface area contributed by atoms with E-state index in [9.17, 15) is 4.79 Å². The van der Waals surface area contributed by atoms with E-state index >= 15 is 0 Å². The van der Waals surface area contributed by atoms with Crippen molar-refractivity contribution in [2.75, 3.05) is 20.2 Å². The van der Waals surface area contributed by atoms with E-state index in [1.807, 2.05) is 25.7 Å². The molecule has 0 aromatic rings. The van der Waals surface area contributed by atoms with Gasteiger partial charge in [-0.25, -0.2) is 4.79 Å². The predicted molar refractivity (Wildman–Crippen MR) is 82.4 cm³/mol. The molecule has 2 aliphatic rings. The first-order valence-electron chi connectivity index (χ1n) is 8.15. The Kier molecular flexibility index (Phi) is 5.49. The van der Waals surface area contributed by atoms with Crippen LogP contribution < -0.4 is 5.32 Å². The molecule has 0 aromatic carbocycles. The van der Waals surface area contributed by atoms with Gasteiger partial charge in [-0.3, -0.25) is 0 Å². The maximum atomic E-state index is 12.3. The summed E-state index contributed by atoms with van der Waals surface area (Å²) >= 11 is 0. The van der Waals surface area contributed by atoms with E-state index in [0.717, 1.165) is 38.8 Å². The fraction of sp³-hybridized carbons (Fsp3) is 0.938. The number of rotatable bonds is 4. The zero-order valence-corrected chi connectivity index (χ0v) is 13.9. The van der Waals surface area contributed by atoms with Gasteiger partial charge in [-0.2, -0.15) is 0 Å². The van der Waals surface area contributed by atoms with Crippen LogP contribution in [0.5, 0.6) is 0 Å². The third-order valence-electron chi connectivity index (χ3n) is 4.33. The van der Waals surface area contributed by atoms with Crippen molar-refractivity contribution < 1.29 is 14.3 Å². The number of carbonyl (C=O) groups is 1. The van der Waals surface area contributed by atoms with Gasteiger partial charge in [0.2, 0.25) is 0 Å². The molecule has 1 atom stereocenters. The van der Waals surface area contributed by atoms with Crippen LogP contribution in [0.4, 0.5) is 4.79 Å². The molecule has 0 spiro atoms. The number of nitrogens with one attached hydrogen (secondary N) is 1. The van der Waals surface area contributed by atoms with Crippen molar-refractivity contribution in [2.45, 2.75) is 76.7 Å². The standard InChI is InChI=1S/C16H30N2O3/c1-16(2,3)21-15(19)18-8-6-5-7-13(18)11-17-12-9-14(10-12)20-4/h12-14,17H,5-11H2,1-4H3. The van der Waals surface area contributed by atoms with Crippen LogP contribution in [-0.4, -0.2) is 55.0 Å². The number of nitrogens with zero attached hydrogens (tertiary/aromatic N) is 1. The van der Waals surface area contributed by atoms with E-state index in [1.54, 1.807) is 7.11 Å². The van der Waals surface area contributed by atoms with Gasteiger partial charge < -0.3 is 19.7 Å². The summed E-state index contributed by atoms with van der Waals surface area (Å²) in [5, 5.41) is 3.57. The summed E-state index contributed by atoms with van der Waals surface area (Å²) in [6.07, 6.45) is 5.73. The third-order valence-corrected chi connectivity index (χ3v) is 4.33. The second-order valence-corrected chi connectivity index (χ2v) is 7.26. The van der Waals surface area contributed by atoms with Gasteiger partial charge in [0.05, 0.1) is 6.10 Å². The van der Waals surface area contributed by atoms with Crippen molar-refractivity contribution in [3.05, 3.63) is 0 Å². The molecule has 1 aliphatic carbocycles. The molecular weight excluding hydrogens is 268 g/mol. The number of likely N-dealkylation sites (tertiary alicyclic amines) is 1. The van der Waals surface area contributed by atoms with Gasteiger partial charge >= 0.3 is 6.09 Å². The molecular formula is C16H30N2O3. The van der Waals surface area contributed by atoms with Crippen LogP contribution in [0, 0.1) is 0 Å². The van der Waals surface area contributed by atoms with Gasteiger partial charge in [0.25, 0.3) is 0 Å². The lowest BCUT2D eigenvalue weighted by Crippen LogP contribution is -2.53. The van der Waals surface area contributed by atoms with Crippen LogP contribution in [0.2, 0.25) is 0 Å². The molecule has 1 N–H and O–H groups in total. The van der Waals surface area contributed by atoms with Crippen molar-refractivity contribution in [3.8, 4) is 0 Å². The molecule has 2 rings (SSSR count). The molecule has 122 valence electrons. The lowest BCUT2D eigenvalue weighted by Gasteiger charge is -2.40. The molecule has 1 amide bonds. The van der Waals surface area contributed by atoms with E-state index in [0.29, 0.717) is 12.1 Å². The summed E-state index contributed by atoms with van der Waals surface area (Å²) < 4.78 is 10.8. The van der Waals surface area contributed by atoms with E-state index in [2.05, 4.69) is 5.32 Å². The number of hydrogen-bond donors (Lipinski definition) is 1. The lowest BCUT2D eigenvalue weighted by molar-refractivity contribution is 0.00215. The van der Waals surface area contributed by atoms with Crippen LogP contribution >= 0.6 is 0 Å². The van der Waals surface area contributed by atoms with Gasteiger partial charge in [0.1, 0.15) is 5.60 Å². The van der Waals surface area contributed by atoms with E-state index in [1.165, 1.54) is 6.42 Å². The zero-order chi connectivity index (χ0) is 15.5. The smallest absolute Gasteiger partial charge is 0.410 e. The van der Waals surface area contributed by atoms with E-state index in [4.69, 9.17) is 9.47 Å². The average Bonchev–Trinajstić information content (AvgIpc) is 2.35. The second-order valence-electron chi connectivity index (χ2n) is 7.26. The molecule has 5 nitrogen and oxygen atoms in total. The van der Waals surface area contributed by atoms with E-state index < -0.39 is 5.60 Å². The minimum Gasteiger partial charge on any atom is -0.444 e. The SMILES string of the molecule is COC1CC(NCC2CCCCN2C(=O)OC(C)(C)C)C1. The van der Waals surface area contributed by atoms with E-state index in [-0.39, 0.29) is 12.1 Å². The number of hydrogen-bond acceptors (Lipinski definition) is 4. The monoisotopic (exact) mass is 298 g/mol. The molecule has 5 heteroatoms. The number of carbonyl (C=O) groups excluding carboxylic acids is 1. The van der Waals surface area contributed by atoms with Gasteiger partial charge in [0.15, 0.2) is 0 Å². The molecule has 0 aromatic heterocycles. The Morgan fingerprint density at radius 2 is 2.00 bits per heavy atom. The summed E-state index contributed by atoms with van der Waals surface area (Å²) in [7, 11) is 1.77. The zero-order valence-electron chi connectivity index (χ0n) is 13.9. The molecule has 1 aliphatic heterocycles. The molecule has 1 heterocycles. The molecule has 21 heavy (non-hydrogen) atoms. The fourth-order valence-electron chi connectivity index (χ4n) is 3.00. The van der Waals surface area contributed by atoms with Crippen LogP contribution in [0.25, 0.3) is 0 Å². The third kappa shape index (κ3) is 4.85. The summed E-state index contributed by atoms with van der Waals surface area (Å²) in [6, 6.07) is 0.799. The topological polar surface area (TPSA) is 50.8 Å². The Morgan fingerprint density at radius 1 is 1.29 bits per heavy atom. The first-order valence-corrected chi connectivity index (χ1v) is 8.15. The van der Waals surface area contributed by atoms with Crippen LogP contribution in [0.1, 0.15) is 52.9 Å². The lowest BCUT2D eigenvalue weighted by atomic mass is 9.89. The summed E-state index contributed by atoms with van der Waals surface area (Å²) in [4.78, 5) is 14.2. The molecule has 1 saturated heterocycles. The van der Waals surface area contributed by atoms with Gasteiger partial charge in [0, 0.05) is 32.3 Å². The molecule has 2 fully saturated rings. The first kappa shape index (κ1) is 16.6. The quantitative estimate of drug-likeness (QED) is 0.866. The van der Waals surface area contributed by atoms with Crippen molar-refractivity contribution in [3.63, 3.8) is 0 Å². The van der Waals surface area contributed by atoms with Gasteiger partial charge in [-0.05, 0) is 52.9 Å². The number of ether oxygens (including phenoxy) is 2. The highest BCUT2D eigenvalue weighted by Gasteiger charge is 2.33. The van der Waals surface area contributed by atoms with Crippen LogP contribution in [0.15, 0.2) is 0 Å². The molecule has 1 saturated carbocycles. The highest BCUT2D eigenvalue weighted by Crippen LogP contribution is 2.24. The Bertz CT molecular complexity index is 348. The average molecular weight is 298 g/mol. The minimum absolute atomic E-state index is 0.169.